The molecular weight excluding hydrogens is 428 g/mol. The minimum absolute atomic E-state index is 0.213. The number of carbonyl (C=O) groups excluding carboxylic acids is 4. The van der Waals surface area contributed by atoms with Crippen molar-refractivity contribution < 1.29 is 19.2 Å². The Kier molecular flexibility index (Phi) is 5.48. The number of nitrogens with one attached hydrogen (secondary N) is 3. The van der Waals surface area contributed by atoms with E-state index in [0.717, 1.165) is 16.0 Å². The lowest BCUT2D eigenvalue weighted by atomic mass is 10.0. The van der Waals surface area contributed by atoms with Crippen LogP contribution in [0.1, 0.15) is 38.5 Å². The summed E-state index contributed by atoms with van der Waals surface area (Å²) in [5, 5.41) is 8.34. The van der Waals surface area contributed by atoms with E-state index < -0.39 is 11.9 Å². The largest absolute Gasteiger partial charge is 0.333 e. The molecule has 2 aromatic rings. The Labute approximate surface area is 181 Å². The Morgan fingerprint density at radius 3 is 2.80 bits per heavy atom. The quantitative estimate of drug-likeness (QED) is 0.627. The molecule has 1 atom stereocenters. The number of aryl methyl sites for hydroxylation is 1. The highest BCUT2D eigenvalue weighted by molar-refractivity contribution is 7.14. The summed E-state index contributed by atoms with van der Waals surface area (Å²) < 4.78 is 0. The Balaban J connectivity index is 1.34. The molecule has 5 amide bonds. The summed E-state index contributed by atoms with van der Waals surface area (Å²) in [4.78, 5) is 51.2. The number of rotatable bonds is 4. The third-order valence-electron chi connectivity index (χ3n) is 5.10. The number of piperidine rings is 1. The molecule has 0 spiro atoms. The fourth-order valence-electron chi connectivity index (χ4n) is 3.50. The predicted octanol–water partition coefficient (Wildman–Crippen LogP) is 2.79. The molecule has 30 heavy (non-hydrogen) atoms. The zero-order valence-corrected chi connectivity index (χ0v) is 17.7. The van der Waals surface area contributed by atoms with E-state index in [0.29, 0.717) is 28.6 Å². The van der Waals surface area contributed by atoms with Gasteiger partial charge in [-0.2, -0.15) is 0 Å². The van der Waals surface area contributed by atoms with Gasteiger partial charge < -0.3 is 15.5 Å². The van der Waals surface area contributed by atoms with Crippen LogP contribution in [0.15, 0.2) is 24.3 Å². The zero-order valence-electron chi connectivity index (χ0n) is 16.1. The van der Waals surface area contributed by atoms with Crippen LogP contribution in [0, 0.1) is 6.92 Å². The van der Waals surface area contributed by atoms with Gasteiger partial charge in [0.15, 0.2) is 0 Å². The van der Waals surface area contributed by atoms with Crippen LogP contribution in [0.3, 0.4) is 0 Å². The van der Waals surface area contributed by atoms with Gasteiger partial charge in [-0.05, 0) is 42.7 Å². The molecule has 1 saturated heterocycles. The predicted molar refractivity (Wildman–Crippen MR) is 112 cm³/mol. The Morgan fingerprint density at radius 2 is 2.10 bits per heavy atom. The summed E-state index contributed by atoms with van der Waals surface area (Å²) in [6.07, 6.45) is 0.563. The molecule has 4 rings (SSSR count). The molecule has 1 fully saturated rings. The number of fused-ring (bicyclic) bond motifs is 1. The minimum Gasteiger partial charge on any atom is -0.333 e. The lowest BCUT2D eigenvalue weighted by molar-refractivity contribution is -0.136. The standard InChI is InChI=1S/C20H19ClN4O4S/c1-10-2-3-12(7-14(10)21)23-20(29)22-8-13-6-11-9-25(19(28)17(11)30-13)15-4-5-16(26)24-18(15)27/h2-3,6-7,15H,4-5,8-9H2,1H3,(H2,22,23,29)(H,24,26,27)/t15-/m0/s1. The van der Waals surface area contributed by atoms with Gasteiger partial charge in [-0.1, -0.05) is 17.7 Å². The first-order chi connectivity index (χ1) is 14.3. The van der Waals surface area contributed by atoms with E-state index in [4.69, 9.17) is 11.6 Å². The van der Waals surface area contributed by atoms with Gasteiger partial charge in [0.2, 0.25) is 11.8 Å². The number of nitrogens with zero attached hydrogens (tertiary/aromatic N) is 1. The monoisotopic (exact) mass is 446 g/mol. The number of urea groups is 1. The Bertz CT molecular complexity index is 1070. The van der Waals surface area contributed by atoms with E-state index in [1.807, 2.05) is 19.1 Å². The van der Waals surface area contributed by atoms with E-state index in [-0.39, 0.29) is 30.8 Å². The minimum atomic E-state index is -0.622. The summed E-state index contributed by atoms with van der Waals surface area (Å²) in [6.45, 7) is 2.48. The van der Waals surface area contributed by atoms with E-state index in [1.54, 1.807) is 12.1 Å². The number of anilines is 1. The Hall–Kier alpha value is -2.91. The van der Waals surface area contributed by atoms with Crippen molar-refractivity contribution >= 4 is 52.4 Å². The topological polar surface area (TPSA) is 108 Å². The number of imide groups is 1. The maximum atomic E-state index is 12.7. The van der Waals surface area contributed by atoms with Crippen molar-refractivity contribution in [1.29, 1.82) is 0 Å². The third kappa shape index (κ3) is 4.03. The molecule has 2 aliphatic heterocycles. The first-order valence-corrected chi connectivity index (χ1v) is 10.6. The van der Waals surface area contributed by atoms with Gasteiger partial charge in [0.05, 0.1) is 11.4 Å². The van der Waals surface area contributed by atoms with E-state index in [2.05, 4.69) is 16.0 Å². The zero-order chi connectivity index (χ0) is 21.4. The lowest BCUT2D eigenvalue weighted by Gasteiger charge is -2.29. The average Bonchev–Trinajstić information content (AvgIpc) is 3.22. The molecule has 0 radical (unpaired) electrons. The van der Waals surface area contributed by atoms with Crippen LogP contribution in [0.2, 0.25) is 5.02 Å². The van der Waals surface area contributed by atoms with Gasteiger partial charge in [0.1, 0.15) is 6.04 Å². The number of benzene rings is 1. The maximum absolute atomic E-state index is 12.7. The Morgan fingerprint density at radius 1 is 1.30 bits per heavy atom. The fraction of sp³-hybridized carbons (Fsp3) is 0.300. The molecule has 0 aliphatic carbocycles. The number of halogens is 1. The van der Waals surface area contributed by atoms with E-state index in [1.165, 1.54) is 16.2 Å². The van der Waals surface area contributed by atoms with Gasteiger partial charge in [-0.3, -0.25) is 19.7 Å². The van der Waals surface area contributed by atoms with E-state index >= 15 is 0 Å². The maximum Gasteiger partial charge on any atom is 0.319 e. The molecule has 1 aromatic heterocycles. The number of hydrogen-bond donors (Lipinski definition) is 3. The van der Waals surface area contributed by atoms with Crippen LogP contribution in [0.5, 0.6) is 0 Å². The normalized spacial score (nSPS) is 18.3. The van der Waals surface area contributed by atoms with Gasteiger partial charge >= 0.3 is 6.03 Å². The number of hydrogen-bond acceptors (Lipinski definition) is 5. The molecule has 10 heteroatoms. The summed E-state index contributed by atoms with van der Waals surface area (Å²) >= 11 is 7.36. The van der Waals surface area contributed by atoms with Crippen LogP contribution in [-0.4, -0.2) is 34.7 Å². The van der Waals surface area contributed by atoms with Crippen LogP contribution in [-0.2, 0) is 22.7 Å². The van der Waals surface area contributed by atoms with Gasteiger partial charge in [0, 0.05) is 28.6 Å². The molecule has 3 N–H and O–H groups in total. The van der Waals surface area contributed by atoms with Crippen molar-refractivity contribution in [3.05, 3.63) is 50.2 Å². The van der Waals surface area contributed by atoms with Crippen molar-refractivity contribution in [2.75, 3.05) is 5.32 Å². The van der Waals surface area contributed by atoms with Crippen LogP contribution in [0.4, 0.5) is 10.5 Å². The lowest BCUT2D eigenvalue weighted by Crippen LogP contribution is -2.52. The second-order valence-electron chi connectivity index (χ2n) is 7.24. The SMILES string of the molecule is Cc1ccc(NC(=O)NCc2cc3c(s2)C(=O)N([C@H]2CCC(=O)NC2=O)C3)cc1Cl. The van der Waals surface area contributed by atoms with Crippen LogP contribution < -0.4 is 16.0 Å². The summed E-state index contributed by atoms with van der Waals surface area (Å²) in [5.41, 5.74) is 2.34. The second-order valence-corrected chi connectivity index (χ2v) is 8.78. The van der Waals surface area contributed by atoms with Gasteiger partial charge in [-0.25, -0.2) is 4.79 Å². The molecule has 0 saturated carbocycles. The molecule has 0 unspecified atom stereocenters. The molecule has 3 heterocycles. The van der Waals surface area contributed by atoms with Crippen molar-refractivity contribution in [3.63, 3.8) is 0 Å². The molecule has 2 aliphatic rings. The van der Waals surface area contributed by atoms with Crippen LogP contribution in [0.25, 0.3) is 0 Å². The highest BCUT2D eigenvalue weighted by Crippen LogP contribution is 2.33. The average molecular weight is 447 g/mol. The number of amides is 5. The molecule has 8 nitrogen and oxygen atoms in total. The fourth-order valence-corrected chi connectivity index (χ4v) is 4.75. The number of carbonyl (C=O) groups is 4. The van der Waals surface area contributed by atoms with E-state index in [9.17, 15) is 19.2 Å². The second kappa shape index (κ2) is 8.08. The van der Waals surface area contributed by atoms with Crippen molar-refractivity contribution in [2.24, 2.45) is 0 Å². The first-order valence-electron chi connectivity index (χ1n) is 9.39. The molecule has 0 bridgehead atoms. The molecule has 1 aromatic carbocycles. The van der Waals surface area contributed by atoms with Crippen molar-refractivity contribution in [1.82, 2.24) is 15.5 Å². The van der Waals surface area contributed by atoms with Gasteiger partial charge in [-0.15, -0.1) is 11.3 Å². The molecular formula is C20H19ClN4O4S. The molecule has 156 valence electrons. The van der Waals surface area contributed by atoms with Crippen molar-refractivity contribution in [3.8, 4) is 0 Å². The van der Waals surface area contributed by atoms with Crippen LogP contribution >= 0.6 is 22.9 Å². The smallest absolute Gasteiger partial charge is 0.319 e. The highest BCUT2D eigenvalue weighted by Gasteiger charge is 2.40. The first kappa shape index (κ1) is 20.4. The summed E-state index contributed by atoms with van der Waals surface area (Å²) in [5.74, 6) is -0.948. The summed E-state index contributed by atoms with van der Waals surface area (Å²) in [6, 6.07) is 6.14. The van der Waals surface area contributed by atoms with Gasteiger partial charge in [0.25, 0.3) is 5.91 Å². The number of thiophene rings is 1. The third-order valence-corrected chi connectivity index (χ3v) is 6.67. The van der Waals surface area contributed by atoms with Crippen molar-refractivity contribution in [2.45, 2.75) is 38.9 Å². The summed E-state index contributed by atoms with van der Waals surface area (Å²) in [7, 11) is 0. The highest BCUT2D eigenvalue weighted by atomic mass is 35.5.